The lowest BCUT2D eigenvalue weighted by Crippen LogP contribution is -2.58. The summed E-state index contributed by atoms with van der Waals surface area (Å²) in [5, 5.41) is 10.4. The van der Waals surface area contributed by atoms with E-state index < -0.39 is 0 Å². The monoisotopic (exact) mass is 224 g/mol. The summed E-state index contributed by atoms with van der Waals surface area (Å²) in [5.74, 6) is 1.05. The molecule has 2 bridgehead atoms. The molecule has 3 aliphatic rings. The number of rotatable bonds is 1. The number of likely N-dealkylation sites (tertiary alicyclic amines) is 2. The van der Waals surface area contributed by atoms with Crippen molar-refractivity contribution in [3.8, 4) is 0 Å². The van der Waals surface area contributed by atoms with Gasteiger partial charge < -0.3 is 10.0 Å². The highest BCUT2D eigenvalue weighted by atomic mass is 16.3. The second kappa shape index (κ2) is 4.28. The van der Waals surface area contributed by atoms with Crippen molar-refractivity contribution in [2.75, 3.05) is 33.2 Å². The van der Waals surface area contributed by atoms with Crippen LogP contribution in [-0.2, 0) is 0 Å². The summed E-state index contributed by atoms with van der Waals surface area (Å²) in [6, 6.07) is 0.663. The Balaban J connectivity index is 1.74. The van der Waals surface area contributed by atoms with Crippen molar-refractivity contribution in [2.24, 2.45) is 11.8 Å². The van der Waals surface area contributed by atoms with Gasteiger partial charge in [-0.15, -0.1) is 0 Å². The van der Waals surface area contributed by atoms with E-state index in [-0.39, 0.29) is 6.10 Å². The summed E-state index contributed by atoms with van der Waals surface area (Å²) in [4.78, 5) is 5.06. The fraction of sp³-hybridized carbons (Fsp3) is 1.00. The Morgan fingerprint density at radius 2 is 1.81 bits per heavy atom. The summed E-state index contributed by atoms with van der Waals surface area (Å²) in [5.41, 5.74) is 0. The summed E-state index contributed by atoms with van der Waals surface area (Å²) in [6.07, 6.45) is 5.23. The van der Waals surface area contributed by atoms with Crippen LogP contribution in [0.5, 0.6) is 0 Å². The Morgan fingerprint density at radius 3 is 2.56 bits per heavy atom. The van der Waals surface area contributed by atoms with Gasteiger partial charge in [0, 0.05) is 25.0 Å². The lowest BCUT2D eigenvalue weighted by atomic mass is 9.72. The molecule has 3 fully saturated rings. The first-order valence-electron chi connectivity index (χ1n) is 6.86. The highest BCUT2D eigenvalue weighted by Crippen LogP contribution is 2.38. The molecule has 0 radical (unpaired) electrons. The summed E-state index contributed by atoms with van der Waals surface area (Å²) < 4.78 is 0. The van der Waals surface area contributed by atoms with Crippen LogP contribution in [0.4, 0.5) is 0 Å². The van der Waals surface area contributed by atoms with E-state index in [0.29, 0.717) is 17.9 Å². The SMILES string of the molecule is CN1C[C@H]2CC[C@@H](N3CCCC3)[C@@H](C1)[C@H]2O. The third-order valence-electron chi connectivity index (χ3n) is 4.93. The Morgan fingerprint density at radius 1 is 1.06 bits per heavy atom. The third kappa shape index (κ3) is 1.79. The lowest BCUT2D eigenvalue weighted by molar-refractivity contribution is -0.0800. The number of aliphatic hydroxyl groups is 1. The van der Waals surface area contributed by atoms with Gasteiger partial charge in [-0.05, 0) is 51.7 Å². The topological polar surface area (TPSA) is 26.7 Å². The second-order valence-corrected chi connectivity index (χ2v) is 6.02. The molecule has 2 aliphatic heterocycles. The first-order chi connectivity index (χ1) is 7.75. The Bertz CT molecular complexity index is 250. The smallest absolute Gasteiger partial charge is 0.0635 e. The largest absolute Gasteiger partial charge is 0.392 e. The van der Waals surface area contributed by atoms with E-state index in [0.717, 1.165) is 13.1 Å². The molecule has 3 heteroatoms. The molecule has 0 spiro atoms. The average Bonchev–Trinajstić information content (AvgIpc) is 2.74. The molecule has 0 unspecified atom stereocenters. The van der Waals surface area contributed by atoms with Crippen molar-refractivity contribution in [2.45, 2.75) is 37.8 Å². The van der Waals surface area contributed by atoms with Gasteiger partial charge in [-0.25, -0.2) is 0 Å². The fourth-order valence-electron chi connectivity index (χ4n) is 4.14. The predicted octanol–water partition coefficient (Wildman–Crippen LogP) is 0.783. The van der Waals surface area contributed by atoms with Gasteiger partial charge in [0.1, 0.15) is 0 Å². The second-order valence-electron chi connectivity index (χ2n) is 6.02. The third-order valence-corrected chi connectivity index (χ3v) is 4.93. The number of piperidine rings is 1. The van der Waals surface area contributed by atoms with Gasteiger partial charge in [0.2, 0.25) is 0 Å². The van der Waals surface area contributed by atoms with Gasteiger partial charge in [0.25, 0.3) is 0 Å². The highest BCUT2D eigenvalue weighted by molar-refractivity contribution is 4.98. The van der Waals surface area contributed by atoms with E-state index >= 15 is 0 Å². The zero-order valence-electron chi connectivity index (χ0n) is 10.3. The van der Waals surface area contributed by atoms with Crippen LogP contribution < -0.4 is 0 Å². The van der Waals surface area contributed by atoms with Crippen LogP contribution in [0, 0.1) is 11.8 Å². The zero-order chi connectivity index (χ0) is 11.1. The zero-order valence-corrected chi connectivity index (χ0v) is 10.3. The van der Waals surface area contributed by atoms with E-state index in [9.17, 15) is 5.11 Å². The van der Waals surface area contributed by atoms with Crippen LogP contribution in [0.15, 0.2) is 0 Å². The van der Waals surface area contributed by atoms with Crippen molar-refractivity contribution >= 4 is 0 Å². The van der Waals surface area contributed by atoms with Crippen LogP contribution in [0.25, 0.3) is 0 Å². The van der Waals surface area contributed by atoms with E-state index in [4.69, 9.17) is 0 Å². The molecule has 0 aromatic carbocycles. The molecular formula is C13H24N2O. The van der Waals surface area contributed by atoms with Crippen molar-refractivity contribution in [1.29, 1.82) is 0 Å². The molecular weight excluding hydrogens is 200 g/mol. The van der Waals surface area contributed by atoms with E-state index in [1.165, 1.54) is 38.8 Å². The van der Waals surface area contributed by atoms with Gasteiger partial charge in [0.05, 0.1) is 6.10 Å². The van der Waals surface area contributed by atoms with Crippen LogP contribution in [0.2, 0.25) is 0 Å². The maximum Gasteiger partial charge on any atom is 0.0635 e. The van der Waals surface area contributed by atoms with Crippen LogP contribution >= 0.6 is 0 Å². The maximum absolute atomic E-state index is 10.4. The number of hydrogen-bond donors (Lipinski definition) is 1. The van der Waals surface area contributed by atoms with Crippen LogP contribution in [0.1, 0.15) is 25.7 Å². The van der Waals surface area contributed by atoms with Crippen molar-refractivity contribution < 1.29 is 5.11 Å². The molecule has 0 aromatic heterocycles. The van der Waals surface area contributed by atoms with Gasteiger partial charge in [-0.1, -0.05) is 0 Å². The molecule has 1 aliphatic carbocycles. The Kier molecular flexibility index (Phi) is 2.94. The predicted molar refractivity (Wildman–Crippen MR) is 64.3 cm³/mol. The molecule has 0 amide bonds. The fourth-order valence-corrected chi connectivity index (χ4v) is 4.14. The molecule has 16 heavy (non-hydrogen) atoms. The number of nitrogens with zero attached hydrogens (tertiary/aromatic N) is 2. The Labute approximate surface area is 98.4 Å². The summed E-state index contributed by atoms with van der Waals surface area (Å²) in [6.45, 7) is 4.73. The Hall–Kier alpha value is -0.120. The van der Waals surface area contributed by atoms with E-state index in [1.54, 1.807) is 0 Å². The molecule has 92 valence electrons. The van der Waals surface area contributed by atoms with Crippen molar-refractivity contribution in [1.82, 2.24) is 9.80 Å². The lowest BCUT2D eigenvalue weighted by Gasteiger charge is -2.50. The molecule has 0 aromatic rings. The first-order valence-corrected chi connectivity index (χ1v) is 6.86. The number of hydrogen-bond acceptors (Lipinski definition) is 3. The van der Waals surface area contributed by atoms with Crippen molar-refractivity contribution in [3.63, 3.8) is 0 Å². The summed E-state index contributed by atoms with van der Waals surface area (Å²) in [7, 11) is 2.21. The van der Waals surface area contributed by atoms with Gasteiger partial charge >= 0.3 is 0 Å². The molecule has 1 saturated carbocycles. The molecule has 2 heterocycles. The minimum absolute atomic E-state index is 0.0319. The molecule has 2 saturated heterocycles. The van der Waals surface area contributed by atoms with Gasteiger partial charge in [-0.2, -0.15) is 0 Å². The maximum atomic E-state index is 10.4. The first kappa shape index (κ1) is 11.0. The summed E-state index contributed by atoms with van der Waals surface area (Å²) >= 11 is 0. The molecule has 3 rings (SSSR count). The highest BCUT2D eigenvalue weighted by Gasteiger charge is 2.44. The van der Waals surface area contributed by atoms with Gasteiger partial charge in [-0.3, -0.25) is 4.90 Å². The number of fused-ring (bicyclic) bond motifs is 2. The van der Waals surface area contributed by atoms with E-state index in [1.807, 2.05) is 0 Å². The minimum Gasteiger partial charge on any atom is -0.392 e. The van der Waals surface area contributed by atoms with Crippen LogP contribution in [0.3, 0.4) is 0 Å². The minimum atomic E-state index is -0.0319. The quantitative estimate of drug-likeness (QED) is 0.713. The van der Waals surface area contributed by atoms with Gasteiger partial charge in [0.15, 0.2) is 0 Å². The van der Waals surface area contributed by atoms with Crippen molar-refractivity contribution in [3.05, 3.63) is 0 Å². The standard InChI is InChI=1S/C13H24N2O/c1-14-8-10-4-5-12(11(9-14)13(10)16)15-6-2-3-7-15/h10-13,16H,2-9H2,1H3/t10-,11-,12-,13+/m1/s1. The average molecular weight is 224 g/mol. The molecule has 3 nitrogen and oxygen atoms in total. The molecule has 1 N–H and O–H groups in total. The molecule has 4 atom stereocenters. The normalized spacial score (nSPS) is 46.1. The van der Waals surface area contributed by atoms with Crippen LogP contribution in [-0.4, -0.2) is 60.3 Å². The number of aliphatic hydroxyl groups excluding tert-OH is 1. The van der Waals surface area contributed by atoms with E-state index in [2.05, 4.69) is 16.8 Å².